The number of hydrogen-bond donors (Lipinski definition) is 0. The Morgan fingerprint density at radius 3 is 2.80 bits per heavy atom. The quantitative estimate of drug-likeness (QED) is 0.870. The Morgan fingerprint density at radius 1 is 1.35 bits per heavy atom. The molecule has 0 spiro atoms. The Kier molecular flexibility index (Phi) is 4.22. The second kappa shape index (κ2) is 6.10. The fourth-order valence-electron chi connectivity index (χ4n) is 2.30. The van der Waals surface area contributed by atoms with Crippen LogP contribution in [0.5, 0.6) is 0 Å². The normalized spacial score (nSPS) is 16.3. The number of piperazine rings is 1. The predicted molar refractivity (Wildman–Crippen MR) is 83.6 cm³/mol. The molecule has 0 amide bonds. The fraction of sp³-hybridized carbons (Fsp3) is 0.385. The summed E-state index contributed by atoms with van der Waals surface area (Å²) >= 11 is 9.05. The second-order valence-corrected chi connectivity index (χ2v) is 6.75. The third-order valence-electron chi connectivity index (χ3n) is 3.36. The summed E-state index contributed by atoms with van der Waals surface area (Å²) < 4.78 is 4.07. The minimum Gasteiger partial charge on any atom is -0.358 e. The topological polar surface area (TPSA) is 43.2 Å². The van der Waals surface area contributed by atoms with Crippen LogP contribution in [0.25, 0.3) is 0 Å². The van der Waals surface area contributed by atoms with Crippen LogP contribution in [-0.4, -0.2) is 35.5 Å². The fourth-order valence-corrected chi connectivity index (χ4v) is 4.13. The van der Waals surface area contributed by atoms with Crippen molar-refractivity contribution in [2.75, 3.05) is 31.1 Å². The highest BCUT2D eigenvalue weighted by Crippen LogP contribution is 2.31. The van der Waals surface area contributed by atoms with Crippen molar-refractivity contribution in [2.24, 2.45) is 0 Å². The molecule has 0 atom stereocenters. The van der Waals surface area contributed by atoms with Crippen LogP contribution in [-0.2, 0) is 6.54 Å². The molecule has 0 N–H and O–H groups in total. The first-order valence-electron chi connectivity index (χ1n) is 6.33. The smallest absolute Gasteiger partial charge is 0.162 e. The SMILES string of the molecule is N#Cc1c(Cl)nsc1N1CCN(Cc2cccs2)CC1. The van der Waals surface area contributed by atoms with Crippen molar-refractivity contribution < 1.29 is 0 Å². The van der Waals surface area contributed by atoms with Crippen LogP contribution in [0, 0.1) is 11.3 Å². The van der Waals surface area contributed by atoms with Crippen molar-refractivity contribution in [3.63, 3.8) is 0 Å². The lowest BCUT2D eigenvalue weighted by Crippen LogP contribution is -2.45. The van der Waals surface area contributed by atoms with E-state index in [-0.39, 0.29) is 0 Å². The van der Waals surface area contributed by atoms with Crippen LogP contribution in [0.2, 0.25) is 5.15 Å². The molecule has 1 aliphatic heterocycles. The summed E-state index contributed by atoms with van der Waals surface area (Å²) in [6.07, 6.45) is 0. The summed E-state index contributed by atoms with van der Waals surface area (Å²) in [6, 6.07) is 6.42. The zero-order valence-corrected chi connectivity index (χ0v) is 13.1. The molecule has 4 nitrogen and oxygen atoms in total. The number of nitrogens with zero attached hydrogens (tertiary/aromatic N) is 4. The van der Waals surface area contributed by atoms with Gasteiger partial charge in [-0.25, -0.2) is 0 Å². The average Bonchev–Trinajstić information content (AvgIpc) is 3.09. The highest BCUT2D eigenvalue weighted by atomic mass is 35.5. The number of rotatable bonds is 3. The first-order valence-corrected chi connectivity index (χ1v) is 8.36. The van der Waals surface area contributed by atoms with E-state index in [9.17, 15) is 0 Å². The van der Waals surface area contributed by atoms with E-state index in [2.05, 4.69) is 37.8 Å². The Hall–Kier alpha value is -1.13. The van der Waals surface area contributed by atoms with Gasteiger partial charge in [0.25, 0.3) is 0 Å². The van der Waals surface area contributed by atoms with Gasteiger partial charge >= 0.3 is 0 Å². The van der Waals surface area contributed by atoms with E-state index >= 15 is 0 Å². The Labute approximate surface area is 131 Å². The Balaban J connectivity index is 1.62. The predicted octanol–water partition coefficient (Wildman–Crippen LogP) is 3.05. The number of thiophene rings is 1. The summed E-state index contributed by atoms with van der Waals surface area (Å²) in [5, 5.41) is 12.5. The van der Waals surface area contributed by atoms with E-state index in [4.69, 9.17) is 16.9 Å². The van der Waals surface area contributed by atoms with Gasteiger partial charge in [-0.3, -0.25) is 4.90 Å². The number of aromatic nitrogens is 1. The molecule has 7 heteroatoms. The molecular formula is C13H13ClN4S2. The van der Waals surface area contributed by atoms with Crippen LogP contribution in [0.3, 0.4) is 0 Å². The van der Waals surface area contributed by atoms with Gasteiger partial charge < -0.3 is 4.90 Å². The molecule has 0 saturated carbocycles. The monoisotopic (exact) mass is 324 g/mol. The van der Waals surface area contributed by atoms with E-state index in [0.29, 0.717) is 10.7 Å². The van der Waals surface area contributed by atoms with E-state index in [1.54, 1.807) is 11.3 Å². The number of halogens is 1. The van der Waals surface area contributed by atoms with E-state index in [1.807, 2.05) is 0 Å². The lowest BCUT2D eigenvalue weighted by Gasteiger charge is -2.34. The first kappa shape index (κ1) is 13.8. The number of nitriles is 1. The van der Waals surface area contributed by atoms with Crippen LogP contribution in [0.1, 0.15) is 10.4 Å². The molecule has 0 aromatic carbocycles. The Morgan fingerprint density at radius 2 is 2.15 bits per heavy atom. The maximum atomic E-state index is 9.14. The molecule has 0 radical (unpaired) electrons. The molecule has 0 aliphatic carbocycles. The number of hydrogen-bond acceptors (Lipinski definition) is 6. The largest absolute Gasteiger partial charge is 0.358 e. The van der Waals surface area contributed by atoms with Crippen LogP contribution in [0.4, 0.5) is 5.00 Å². The van der Waals surface area contributed by atoms with Crippen molar-refractivity contribution in [1.29, 1.82) is 5.26 Å². The van der Waals surface area contributed by atoms with E-state index < -0.39 is 0 Å². The maximum absolute atomic E-state index is 9.14. The zero-order chi connectivity index (χ0) is 13.9. The van der Waals surface area contributed by atoms with E-state index in [0.717, 1.165) is 37.7 Å². The molecule has 0 bridgehead atoms. The average molecular weight is 325 g/mol. The highest BCUT2D eigenvalue weighted by molar-refractivity contribution is 7.11. The molecule has 20 heavy (non-hydrogen) atoms. The summed E-state index contributed by atoms with van der Waals surface area (Å²) in [5.41, 5.74) is 0.517. The number of anilines is 1. The van der Waals surface area contributed by atoms with Gasteiger partial charge in [0, 0.05) is 37.6 Å². The first-order chi connectivity index (χ1) is 9.78. The van der Waals surface area contributed by atoms with Crippen LogP contribution < -0.4 is 4.90 Å². The van der Waals surface area contributed by atoms with Crippen molar-refractivity contribution in [3.05, 3.63) is 33.1 Å². The molecule has 0 unspecified atom stereocenters. The molecule has 104 valence electrons. The minimum absolute atomic E-state index is 0.327. The lowest BCUT2D eigenvalue weighted by molar-refractivity contribution is 0.252. The van der Waals surface area contributed by atoms with E-state index in [1.165, 1.54) is 16.4 Å². The standard InChI is InChI=1S/C13H13ClN4S2/c14-12-11(8-15)13(20-16-12)18-5-3-17(4-6-18)9-10-2-1-7-19-10/h1-2,7H,3-6,9H2. The third-order valence-corrected chi connectivity index (χ3v) is 5.51. The van der Waals surface area contributed by atoms with Gasteiger partial charge in [-0.05, 0) is 23.0 Å². The van der Waals surface area contributed by atoms with Crippen molar-refractivity contribution in [2.45, 2.75) is 6.54 Å². The molecule has 3 heterocycles. The molecule has 1 aliphatic rings. The van der Waals surface area contributed by atoms with Gasteiger partial charge in [-0.1, -0.05) is 17.7 Å². The summed E-state index contributed by atoms with van der Waals surface area (Å²) in [4.78, 5) is 6.06. The van der Waals surface area contributed by atoms with Gasteiger partial charge in [-0.15, -0.1) is 11.3 Å². The minimum atomic E-state index is 0.327. The second-order valence-electron chi connectivity index (χ2n) is 4.61. The van der Waals surface area contributed by atoms with Gasteiger partial charge in [-0.2, -0.15) is 9.64 Å². The summed E-state index contributed by atoms with van der Waals surface area (Å²) in [7, 11) is 0. The van der Waals surface area contributed by atoms with Crippen LogP contribution >= 0.6 is 34.5 Å². The highest BCUT2D eigenvalue weighted by Gasteiger charge is 2.23. The molecule has 1 saturated heterocycles. The van der Waals surface area contributed by atoms with Gasteiger partial charge in [0.1, 0.15) is 16.6 Å². The van der Waals surface area contributed by atoms with Crippen LogP contribution in [0.15, 0.2) is 17.5 Å². The summed E-state index contributed by atoms with van der Waals surface area (Å²) in [5.74, 6) is 0. The van der Waals surface area contributed by atoms with Crippen molar-refractivity contribution in [1.82, 2.24) is 9.27 Å². The molecule has 2 aromatic rings. The molecule has 3 rings (SSSR count). The summed E-state index contributed by atoms with van der Waals surface area (Å²) in [6.45, 7) is 4.84. The third kappa shape index (κ3) is 2.81. The van der Waals surface area contributed by atoms with Crippen molar-refractivity contribution >= 4 is 39.5 Å². The molecule has 1 fully saturated rings. The molecular weight excluding hydrogens is 312 g/mol. The zero-order valence-electron chi connectivity index (χ0n) is 10.8. The van der Waals surface area contributed by atoms with Gasteiger partial charge in [0.15, 0.2) is 5.15 Å². The van der Waals surface area contributed by atoms with Crippen molar-refractivity contribution in [3.8, 4) is 6.07 Å². The van der Waals surface area contributed by atoms with Gasteiger partial charge in [0.2, 0.25) is 0 Å². The lowest BCUT2D eigenvalue weighted by atomic mass is 10.2. The Bertz CT molecular complexity index is 609. The molecule has 2 aromatic heterocycles. The van der Waals surface area contributed by atoms with Gasteiger partial charge in [0.05, 0.1) is 0 Å². The maximum Gasteiger partial charge on any atom is 0.162 e.